The number of hydrogen-bond acceptors (Lipinski definition) is 6. The van der Waals surface area contributed by atoms with Crippen LogP contribution >= 0.6 is 0 Å². The van der Waals surface area contributed by atoms with Gasteiger partial charge in [-0.1, -0.05) is 24.8 Å². The molecule has 3 N–H and O–H groups in total. The summed E-state index contributed by atoms with van der Waals surface area (Å²) < 4.78 is 9.69. The summed E-state index contributed by atoms with van der Waals surface area (Å²) in [5, 5.41) is 20.8. The number of rotatable bonds is 8. The first-order chi connectivity index (χ1) is 11.4. The molecule has 0 aromatic heterocycles. The van der Waals surface area contributed by atoms with E-state index < -0.39 is 36.1 Å². The summed E-state index contributed by atoms with van der Waals surface area (Å²) in [4.78, 5) is 34.8. The number of phenolic OH excluding ortho intramolecular Hbond substituents is 1. The van der Waals surface area contributed by atoms with E-state index in [1.165, 1.54) is 18.2 Å². The van der Waals surface area contributed by atoms with Crippen molar-refractivity contribution in [1.82, 2.24) is 5.32 Å². The van der Waals surface area contributed by atoms with Crippen molar-refractivity contribution >= 4 is 17.8 Å². The number of carbonyl (C=O) groups is 3. The van der Waals surface area contributed by atoms with Gasteiger partial charge in [0.1, 0.15) is 18.4 Å². The van der Waals surface area contributed by atoms with E-state index in [4.69, 9.17) is 9.47 Å². The lowest BCUT2D eigenvalue weighted by Crippen LogP contribution is -2.44. The van der Waals surface area contributed by atoms with Gasteiger partial charge in [0.15, 0.2) is 12.2 Å². The molecule has 1 aromatic rings. The van der Waals surface area contributed by atoms with Crippen molar-refractivity contribution in [3.05, 3.63) is 42.5 Å². The average molecular weight is 335 g/mol. The topological polar surface area (TPSA) is 125 Å². The second kappa shape index (κ2) is 7.60. The highest BCUT2D eigenvalue weighted by molar-refractivity contribution is 5.94. The monoisotopic (exact) mass is 335 g/mol. The Kier molecular flexibility index (Phi) is 5.54. The van der Waals surface area contributed by atoms with Crippen molar-refractivity contribution in [3.63, 3.8) is 0 Å². The van der Waals surface area contributed by atoms with Crippen LogP contribution in [-0.4, -0.2) is 52.9 Å². The molecular weight excluding hydrogens is 318 g/mol. The van der Waals surface area contributed by atoms with Crippen molar-refractivity contribution in [1.29, 1.82) is 0 Å². The molecule has 1 fully saturated rings. The number of amides is 1. The highest BCUT2D eigenvalue weighted by atomic mass is 16.6. The Morgan fingerprint density at radius 2 is 1.96 bits per heavy atom. The Labute approximate surface area is 137 Å². The first-order valence-corrected chi connectivity index (χ1v) is 7.16. The van der Waals surface area contributed by atoms with Crippen molar-refractivity contribution in [2.45, 2.75) is 24.7 Å². The van der Waals surface area contributed by atoms with Gasteiger partial charge in [-0.3, -0.25) is 4.79 Å². The van der Waals surface area contributed by atoms with Gasteiger partial charge in [-0.2, -0.15) is 0 Å². The van der Waals surface area contributed by atoms with Crippen LogP contribution in [-0.2, 0) is 30.3 Å². The Bertz CT molecular complexity index is 640. The number of ether oxygens (including phenoxy) is 2. The van der Waals surface area contributed by atoms with Crippen LogP contribution < -0.4 is 5.32 Å². The quantitative estimate of drug-likeness (QED) is 0.347. The van der Waals surface area contributed by atoms with E-state index in [0.717, 1.165) is 0 Å². The first-order valence-electron chi connectivity index (χ1n) is 7.16. The summed E-state index contributed by atoms with van der Waals surface area (Å²) in [6.45, 7) is 3.40. The largest absolute Gasteiger partial charge is 0.508 e. The average Bonchev–Trinajstić information content (AvgIpc) is 3.34. The van der Waals surface area contributed by atoms with Gasteiger partial charge in [0.25, 0.3) is 5.91 Å². The molecule has 2 rings (SSSR count). The Morgan fingerprint density at radius 3 is 2.54 bits per heavy atom. The SMILES string of the molecule is C=CCOC(=O)C1OC1C(=O)N[C@@H](Cc1ccc(O)cc1)C(=O)O. The number of carboxylic acids is 1. The van der Waals surface area contributed by atoms with Crippen LogP contribution in [0.4, 0.5) is 0 Å². The number of carboxylic acid groups (broad SMARTS) is 1. The minimum atomic E-state index is -1.22. The van der Waals surface area contributed by atoms with E-state index in [0.29, 0.717) is 5.56 Å². The molecule has 0 aliphatic carbocycles. The lowest BCUT2D eigenvalue weighted by molar-refractivity contribution is -0.144. The van der Waals surface area contributed by atoms with Crippen molar-refractivity contribution in [2.75, 3.05) is 6.61 Å². The number of aliphatic carboxylic acids is 1. The maximum Gasteiger partial charge on any atom is 0.338 e. The number of esters is 1. The Morgan fingerprint density at radius 1 is 1.29 bits per heavy atom. The molecule has 0 radical (unpaired) electrons. The lowest BCUT2D eigenvalue weighted by atomic mass is 10.1. The van der Waals surface area contributed by atoms with Gasteiger partial charge in [0.2, 0.25) is 0 Å². The van der Waals surface area contributed by atoms with Gasteiger partial charge in [-0.25, -0.2) is 9.59 Å². The number of benzene rings is 1. The van der Waals surface area contributed by atoms with Crippen molar-refractivity contribution in [2.24, 2.45) is 0 Å². The van der Waals surface area contributed by atoms with E-state index in [2.05, 4.69) is 11.9 Å². The van der Waals surface area contributed by atoms with Gasteiger partial charge in [0, 0.05) is 6.42 Å². The minimum absolute atomic E-state index is 0.00559. The predicted molar refractivity (Wildman–Crippen MR) is 81.2 cm³/mol. The zero-order valence-electron chi connectivity index (χ0n) is 12.7. The number of epoxide rings is 1. The summed E-state index contributed by atoms with van der Waals surface area (Å²) in [5.74, 6) is -2.55. The minimum Gasteiger partial charge on any atom is -0.508 e. The van der Waals surface area contributed by atoms with Crippen LogP contribution in [0.5, 0.6) is 5.75 Å². The molecule has 2 unspecified atom stereocenters. The molecule has 24 heavy (non-hydrogen) atoms. The number of nitrogens with one attached hydrogen (secondary N) is 1. The third-order valence-electron chi connectivity index (χ3n) is 3.32. The summed E-state index contributed by atoms with van der Waals surface area (Å²) in [5.41, 5.74) is 0.624. The number of carbonyl (C=O) groups excluding carboxylic acids is 2. The standard InChI is InChI=1S/C16H17NO7/c1-2-7-23-16(22)13-12(24-13)14(19)17-11(15(20)21)8-9-3-5-10(18)6-4-9/h2-6,11-13,18H,1,7-8H2,(H,17,19)(H,20,21)/t11-,12?,13?/m0/s1. The maximum absolute atomic E-state index is 12.0. The Balaban J connectivity index is 1.90. The Hall–Kier alpha value is -2.87. The van der Waals surface area contributed by atoms with Crippen LogP contribution in [0.25, 0.3) is 0 Å². The molecule has 8 nitrogen and oxygen atoms in total. The van der Waals surface area contributed by atoms with Crippen LogP contribution in [0.2, 0.25) is 0 Å². The number of aromatic hydroxyl groups is 1. The summed E-state index contributed by atoms with van der Waals surface area (Å²) in [7, 11) is 0. The van der Waals surface area contributed by atoms with Gasteiger partial charge in [-0.05, 0) is 17.7 Å². The fourth-order valence-electron chi connectivity index (χ4n) is 2.04. The van der Waals surface area contributed by atoms with E-state index in [1.54, 1.807) is 12.1 Å². The summed E-state index contributed by atoms with van der Waals surface area (Å²) in [6.07, 6.45) is -0.662. The van der Waals surface area contributed by atoms with Gasteiger partial charge in [0.05, 0.1) is 0 Å². The van der Waals surface area contributed by atoms with Gasteiger partial charge in [-0.15, -0.1) is 0 Å². The molecule has 0 bridgehead atoms. The molecule has 128 valence electrons. The zero-order chi connectivity index (χ0) is 17.7. The molecule has 0 saturated carbocycles. The zero-order valence-corrected chi connectivity index (χ0v) is 12.7. The smallest absolute Gasteiger partial charge is 0.338 e. The molecular formula is C16H17NO7. The number of phenols is 1. The van der Waals surface area contributed by atoms with Crippen molar-refractivity contribution < 1.29 is 34.1 Å². The van der Waals surface area contributed by atoms with Crippen LogP contribution in [0.3, 0.4) is 0 Å². The normalized spacial score (nSPS) is 19.8. The first kappa shape index (κ1) is 17.5. The third kappa shape index (κ3) is 4.56. The van der Waals surface area contributed by atoms with E-state index in [-0.39, 0.29) is 18.8 Å². The highest BCUT2D eigenvalue weighted by Crippen LogP contribution is 2.24. The summed E-state index contributed by atoms with van der Waals surface area (Å²) in [6, 6.07) is 4.77. The highest BCUT2D eigenvalue weighted by Gasteiger charge is 2.52. The van der Waals surface area contributed by atoms with Gasteiger partial charge < -0.3 is 25.0 Å². The van der Waals surface area contributed by atoms with E-state index >= 15 is 0 Å². The van der Waals surface area contributed by atoms with Gasteiger partial charge >= 0.3 is 11.9 Å². The second-order valence-corrected chi connectivity index (χ2v) is 5.17. The molecule has 3 atom stereocenters. The van der Waals surface area contributed by atoms with Crippen LogP contribution in [0.15, 0.2) is 36.9 Å². The van der Waals surface area contributed by atoms with Crippen molar-refractivity contribution in [3.8, 4) is 5.75 Å². The fraction of sp³-hybridized carbons (Fsp3) is 0.312. The maximum atomic E-state index is 12.0. The predicted octanol–water partition coefficient (Wildman–Crippen LogP) is 0.000700. The molecule has 1 aromatic carbocycles. The molecule has 1 aliphatic rings. The van der Waals surface area contributed by atoms with E-state index in [1.807, 2.05) is 0 Å². The molecule has 8 heteroatoms. The second-order valence-electron chi connectivity index (χ2n) is 5.17. The molecule has 1 aliphatic heterocycles. The number of hydrogen-bond donors (Lipinski definition) is 3. The molecule has 1 saturated heterocycles. The fourth-order valence-corrected chi connectivity index (χ4v) is 2.04. The van der Waals surface area contributed by atoms with Crippen LogP contribution in [0.1, 0.15) is 5.56 Å². The molecule has 0 spiro atoms. The third-order valence-corrected chi connectivity index (χ3v) is 3.32. The molecule has 1 amide bonds. The van der Waals surface area contributed by atoms with E-state index in [9.17, 15) is 24.6 Å². The lowest BCUT2D eigenvalue weighted by Gasteiger charge is -2.14. The summed E-state index contributed by atoms with van der Waals surface area (Å²) >= 11 is 0. The van der Waals surface area contributed by atoms with Crippen LogP contribution in [0, 0.1) is 0 Å². The molecule has 1 heterocycles.